The molecular weight excluding hydrogens is 204 g/mol. The van der Waals surface area contributed by atoms with Crippen molar-refractivity contribution in [2.24, 2.45) is 5.92 Å². The molecule has 0 aliphatic heterocycles. The Kier molecular flexibility index (Phi) is 11.2. The third-order valence-electron chi connectivity index (χ3n) is 2.79. The van der Waals surface area contributed by atoms with E-state index in [1.807, 2.05) is 6.08 Å². The topological polar surface area (TPSA) is 0 Å². The molecule has 0 spiro atoms. The maximum Gasteiger partial charge on any atom is -0.0282 e. The summed E-state index contributed by atoms with van der Waals surface area (Å²) in [7, 11) is 0. The van der Waals surface area contributed by atoms with E-state index in [1.54, 1.807) is 0 Å². The van der Waals surface area contributed by atoms with Crippen LogP contribution in [0.1, 0.15) is 65.7 Å². The first-order valence-electron chi connectivity index (χ1n) is 7.18. The average Bonchev–Trinajstić information content (AvgIpc) is 2.30. The van der Waals surface area contributed by atoms with E-state index in [4.69, 9.17) is 0 Å². The number of hydrogen-bond acceptors (Lipinski definition) is 0. The normalized spacial score (nSPS) is 12.6. The Hall–Kier alpha value is -0.780. The summed E-state index contributed by atoms with van der Waals surface area (Å²) < 4.78 is 0. The molecule has 0 bridgehead atoms. The van der Waals surface area contributed by atoms with Gasteiger partial charge in [0.25, 0.3) is 0 Å². The van der Waals surface area contributed by atoms with Gasteiger partial charge in [0.2, 0.25) is 0 Å². The van der Waals surface area contributed by atoms with E-state index in [9.17, 15) is 0 Å². The van der Waals surface area contributed by atoms with Gasteiger partial charge in [-0.25, -0.2) is 0 Å². The lowest BCUT2D eigenvalue weighted by molar-refractivity contribution is 0.646. The Labute approximate surface area is 109 Å². The van der Waals surface area contributed by atoms with Gasteiger partial charge in [0.15, 0.2) is 0 Å². The van der Waals surface area contributed by atoms with Crippen molar-refractivity contribution in [3.05, 3.63) is 36.5 Å². The van der Waals surface area contributed by atoms with Crippen LogP contribution in [0.2, 0.25) is 0 Å². The van der Waals surface area contributed by atoms with E-state index >= 15 is 0 Å². The van der Waals surface area contributed by atoms with Gasteiger partial charge in [-0.1, -0.05) is 63.5 Å². The van der Waals surface area contributed by atoms with Crippen LogP contribution >= 0.6 is 0 Å². The first-order chi connectivity index (χ1) is 8.20. The smallest absolute Gasteiger partial charge is 0.0282 e. The van der Waals surface area contributed by atoms with E-state index in [1.165, 1.54) is 44.1 Å². The van der Waals surface area contributed by atoms with Crippen molar-refractivity contribution < 1.29 is 0 Å². The summed E-state index contributed by atoms with van der Waals surface area (Å²) in [4.78, 5) is 0. The van der Waals surface area contributed by atoms with Crippen molar-refractivity contribution in [1.82, 2.24) is 0 Å². The second kappa shape index (κ2) is 11.7. The van der Waals surface area contributed by atoms with E-state index in [2.05, 4.69) is 45.6 Å². The summed E-state index contributed by atoms with van der Waals surface area (Å²) >= 11 is 0. The third kappa shape index (κ3) is 11.5. The summed E-state index contributed by atoms with van der Waals surface area (Å²) in [5, 5.41) is 0. The van der Waals surface area contributed by atoms with Crippen LogP contribution in [0.15, 0.2) is 36.5 Å². The number of hydrogen-bond donors (Lipinski definition) is 0. The molecule has 0 saturated carbocycles. The van der Waals surface area contributed by atoms with Crippen molar-refractivity contribution in [2.75, 3.05) is 0 Å². The van der Waals surface area contributed by atoms with Crippen LogP contribution in [0.5, 0.6) is 0 Å². The number of rotatable bonds is 10. The number of allylic oxidation sites excluding steroid dienone is 5. The minimum Gasteiger partial charge on any atom is -0.103 e. The molecule has 0 radical (unpaired) electrons. The van der Waals surface area contributed by atoms with Crippen LogP contribution in [0.25, 0.3) is 0 Å². The fraction of sp³-hybridized carbons (Fsp3) is 0.647. The fourth-order valence-corrected chi connectivity index (χ4v) is 1.80. The standard InChI is InChI=1S/C17H30/c1-5-7-8-9-10-11-13-17(12-6-2)15-14-16(3)4/h5,12,14-16H,1,6-11,13H2,2-4H3/b15-14-,17-12-. The average molecular weight is 234 g/mol. The van der Waals surface area contributed by atoms with Crippen molar-refractivity contribution in [1.29, 1.82) is 0 Å². The highest BCUT2D eigenvalue weighted by atomic mass is 14.0. The van der Waals surface area contributed by atoms with Gasteiger partial charge in [0.1, 0.15) is 0 Å². The van der Waals surface area contributed by atoms with E-state index in [0.29, 0.717) is 5.92 Å². The van der Waals surface area contributed by atoms with Gasteiger partial charge >= 0.3 is 0 Å². The molecule has 0 rings (SSSR count). The molecule has 0 heterocycles. The molecule has 0 aromatic rings. The van der Waals surface area contributed by atoms with Crippen LogP contribution in [-0.2, 0) is 0 Å². The molecule has 0 aliphatic rings. The molecule has 0 heteroatoms. The lowest BCUT2D eigenvalue weighted by Gasteiger charge is -2.03. The monoisotopic (exact) mass is 234 g/mol. The zero-order valence-electron chi connectivity index (χ0n) is 12.0. The van der Waals surface area contributed by atoms with Crippen molar-refractivity contribution >= 4 is 0 Å². The Morgan fingerprint density at radius 1 is 1.12 bits per heavy atom. The van der Waals surface area contributed by atoms with Gasteiger partial charge in [0.05, 0.1) is 0 Å². The van der Waals surface area contributed by atoms with Gasteiger partial charge in [-0.05, 0) is 38.0 Å². The van der Waals surface area contributed by atoms with Gasteiger partial charge < -0.3 is 0 Å². The van der Waals surface area contributed by atoms with Crippen molar-refractivity contribution in [2.45, 2.75) is 65.7 Å². The predicted octanol–water partition coefficient (Wildman–Crippen LogP) is 6.06. The maximum atomic E-state index is 3.75. The van der Waals surface area contributed by atoms with E-state index in [-0.39, 0.29) is 0 Å². The second-order valence-electron chi connectivity index (χ2n) is 5.03. The maximum absolute atomic E-state index is 3.75. The first kappa shape index (κ1) is 16.2. The summed E-state index contributed by atoms with van der Waals surface area (Å²) in [5.74, 6) is 0.655. The Morgan fingerprint density at radius 2 is 1.82 bits per heavy atom. The summed E-state index contributed by atoms with van der Waals surface area (Å²) in [5.41, 5.74) is 1.52. The van der Waals surface area contributed by atoms with Crippen LogP contribution < -0.4 is 0 Å². The Morgan fingerprint density at radius 3 is 2.41 bits per heavy atom. The van der Waals surface area contributed by atoms with Crippen molar-refractivity contribution in [3.8, 4) is 0 Å². The summed E-state index contributed by atoms with van der Waals surface area (Å²) in [6.45, 7) is 10.4. The van der Waals surface area contributed by atoms with Crippen LogP contribution in [0, 0.1) is 5.92 Å². The molecule has 0 aromatic carbocycles. The van der Waals surface area contributed by atoms with E-state index < -0.39 is 0 Å². The van der Waals surface area contributed by atoms with E-state index in [0.717, 1.165) is 6.42 Å². The highest BCUT2D eigenvalue weighted by Crippen LogP contribution is 2.14. The molecule has 0 aromatic heterocycles. The van der Waals surface area contributed by atoms with Crippen LogP contribution in [0.3, 0.4) is 0 Å². The fourth-order valence-electron chi connectivity index (χ4n) is 1.80. The molecule has 98 valence electrons. The quantitative estimate of drug-likeness (QED) is 0.245. The first-order valence-corrected chi connectivity index (χ1v) is 7.18. The molecule has 0 atom stereocenters. The predicted molar refractivity (Wildman–Crippen MR) is 80.3 cm³/mol. The van der Waals surface area contributed by atoms with Crippen LogP contribution in [-0.4, -0.2) is 0 Å². The molecule has 0 aliphatic carbocycles. The molecule has 0 nitrogen and oxygen atoms in total. The Bertz CT molecular complexity index is 230. The largest absolute Gasteiger partial charge is 0.103 e. The minimum absolute atomic E-state index is 0.655. The van der Waals surface area contributed by atoms with Gasteiger partial charge in [-0.15, -0.1) is 6.58 Å². The van der Waals surface area contributed by atoms with Crippen molar-refractivity contribution in [3.63, 3.8) is 0 Å². The molecular formula is C17H30. The molecule has 0 fully saturated rings. The highest BCUT2D eigenvalue weighted by molar-refractivity contribution is 5.18. The zero-order valence-corrected chi connectivity index (χ0v) is 12.0. The van der Waals surface area contributed by atoms with Gasteiger partial charge in [-0.2, -0.15) is 0 Å². The minimum atomic E-state index is 0.655. The summed E-state index contributed by atoms with van der Waals surface area (Å²) in [6, 6.07) is 0. The highest BCUT2D eigenvalue weighted by Gasteiger charge is 1.94. The molecule has 17 heavy (non-hydrogen) atoms. The Balaban J connectivity index is 3.78. The lowest BCUT2D eigenvalue weighted by Crippen LogP contribution is -1.85. The molecule has 0 saturated heterocycles. The molecule has 0 N–H and O–H groups in total. The molecule has 0 unspecified atom stereocenters. The molecule has 0 amide bonds. The van der Waals surface area contributed by atoms with Crippen LogP contribution in [0.4, 0.5) is 0 Å². The SMILES string of the molecule is C=CCCCCCCC(/C=C\C(C)C)=C/CC. The zero-order chi connectivity index (χ0) is 12.9. The number of unbranched alkanes of at least 4 members (excludes halogenated alkanes) is 4. The second-order valence-corrected chi connectivity index (χ2v) is 5.03. The van der Waals surface area contributed by atoms with Gasteiger partial charge in [-0.3, -0.25) is 0 Å². The summed E-state index contributed by atoms with van der Waals surface area (Å²) in [6.07, 6.45) is 17.9. The lowest BCUT2D eigenvalue weighted by atomic mass is 10.0. The third-order valence-corrected chi connectivity index (χ3v) is 2.79. The van der Waals surface area contributed by atoms with Gasteiger partial charge in [0, 0.05) is 0 Å².